The van der Waals surface area contributed by atoms with Crippen molar-refractivity contribution in [3.05, 3.63) is 59.9 Å². The van der Waals surface area contributed by atoms with Crippen LogP contribution in [0.5, 0.6) is 0 Å². The van der Waals surface area contributed by atoms with Gasteiger partial charge in [-0.3, -0.25) is 14.1 Å². The second-order valence-corrected chi connectivity index (χ2v) is 8.12. The number of hydrogen-bond donors (Lipinski definition) is 1. The molecule has 1 aliphatic rings. The zero-order chi connectivity index (χ0) is 20.1. The summed E-state index contributed by atoms with van der Waals surface area (Å²) in [5.74, 6) is 2.75. The van der Waals surface area contributed by atoms with Crippen LogP contribution in [0.15, 0.2) is 42.7 Å². The van der Waals surface area contributed by atoms with Gasteiger partial charge >= 0.3 is 0 Å². The third kappa shape index (κ3) is 5.10. The highest BCUT2D eigenvalue weighted by Crippen LogP contribution is 2.21. The molecule has 4 rings (SSSR count). The van der Waals surface area contributed by atoms with Crippen LogP contribution in [-0.4, -0.2) is 56.1 Å². The van der Waals surface area contributed by atoms with E-state index >= 15 is 0 Å². The molecule has 0 bridgehead atoms. The van der Waals surface area contributed by atoms with Crippen molar-refractivity contribution in [2.45, 2.75) is 39.3 Å². The smallest absolute Gasteiger partial charge is 0.151 e. The van der Waals surface area contributed by atoms with Gasteiger partial charge in [0.05, 0.1) is 19.3 Å². The van der Waals surface area contributed by atoms with E-state index in [9.17, 15) is 0 Å². The maximum absolute atomic E-state index is 4.61. The van der Waals surface area contributed by atoms with Crippen LogP contribution in [0.1, 0.15) is 30.1 Å². The van der Waals surface area contributed by atoms with Gasteiger partial charge in [-0.1, -0.05) is 18.2 Å². The van der Waals surface area contributed by atoms with E-state index in [1.807, 2.05) is 10.9 Å². The van der Waals surface area contributed by atoms with Crippen molar-refractivity contribution in [3.8, 4) is 5.69 Å². The van der Waals surface area contributed by atoms with Gasteiger partial charge in [0.1, 0.15) is 5.82 Å². The fraction of sp³-hybridized carbons (Fsp3) is 0.500. The Balaban J connectivity index is 1.49. The van der Waals surface area contributed by atoms with Crippen molar-refractivity contribution in [1.82, 2.24) is 34.8 Å². The minimum atomic E-state index is 0.677. The standard InChI is InChI=1S/C22H31N7/c1-18-15-24-28(16-18)13-12-27(2)17-22-26-25-21(14-19-8-10-23-11-9-19)29(22)20-6-4-3-5-7-20/h3-7,15-16,19,23H,8-14,17H2,1-2H3. The molecule has 1 N–H and O–H groups in total. The first-order valence-corrected chi connectivity index (χ1v) is 10.6. The summed E-state index contributed by atoms with van der Waals surface area (Å²) >= 11 is 0. The highest BCUT2D eigenvalue weighted by Gasteiger charge is 2.20. The zero-order valence-corrected chi connectivity index (χ0v) is 17.5. The molecule has 0 atom stereocenters. The van der Waals surface area contributed by atoms with E-state index in [2.05, 4.69) is 80.6 Å². The van der Waals surface area contributed by atoms with Gasteiger partial charge in [0.15, 0.2) is 5.82 Å². The van der Waals surface area contributed by atoms with Crippen LogP contribution < -0.4 is 5.32 Å². The number of aryl methyl sites for hydroxylation is 1. The first-order valence-electron chi connectivity index (χ1n) is 10.6. The Morgan fingerprint density at radius 1 is 1.10 bits per heavy atom. The van der Waals surface area contributed by atoms with E-state index in [0.717, 1.165) is 56.5 Å². The van der Waals surface area contributed by atoms with Gasteiger partial charge in [-0.05, 0) is 63.5 Å². The first kappa shape index (κ1) is 19.8. The molecule has 0 spiro atoms. The number of aromatic nitrogens is 5. The Morgan fingerprint density at radius 3 is 2.59 bits per heavy atom. The molecule has 1 aliphatic heterocycles. The van der Waals surface area contributed by atoms with Crippen LogP contribution >= 0.6 is 0 Å². The summed E-state index contributed by atoms with van der Waals surface area (Å²) in [4.78, 5) is 2.29. The molecule has 0 amide bonds. The lowest BCUT2D eigenvalue weighted by Gasteiger charge is -2.23. The van der Waals surface area contributed by atoms with Gasteiger partial charge in [0, 0.05) is 24.8 Å². The number of likely N-dealkylation sites (N-methyl/N-ethyl adjacent to an activating group) is 1. The molecule has 7 nitrogen and oxygen atoms in total. The SMILES string of the molecule is Cc1cnn(CCN(C)Cc2nnc(CC3CCNCC3)n2-c2ccccc2)c1. The Hall–Kier alpha value is -2.51. The topological polar surface area (TPSA) is 63.8 Å². The second-order valence-electron chi connectivity index (χ2n) is 8.12. The van der Waals surface area contributed by atoms with Crippen LogP contribution in [0.25, 0.3) is 5.69 Å². The normalized spacial score (nSPS) is 15.3. The van der Waals surface area contributed by atoms with Gasteiger partial charge in [0.25, 0.3) is 0 Å². The van der Waals surface area contributed by atoms with Crippen LogP contribution in [-0.2, 0) is 19.5 Å². The summed E-state index contributed by atoms with van der Waals surface area (Å²) in [7, 11) is 2.13. The summed E-state index contributed by atoms with van der Waals surface area (Å²) in [6.07, 6.45) is 7.39. The van der Waals surface area contributed by atoms with Crippen LogP contribution in [0.3, 0.4) is 0 Å². The van der Waals surface area contributed by atoms with Crippen molar-refractivity contribution in [2.75, 3.05) is 26.7 Å². The fourth-order valence-corrected chi connectivity index (χ4v) is 3.99. The van der Waals surface area contributed by atoms with Gasteiger partial charge < -0.3 is 5.32 Å². The molecule has 3 heterocycles. The molecule has 0 aliphatic carbocycles. The van der Waals surface area contributed by atoms with Crippen LogP contribution in [0.2, 0.25) is 0 Å². The average molecular weight is 394 g/mol. The van der Waals surface area contributed by atoms with Crippen LogP contribution in [0.4, 0.5) is 0 Å². The summed E-state index contributed by atoms with van der Waals surface area (Å²) in [6.45, 7) is 6.81. The number of piperidine rings is 1. The maximum atomic E-state index is 4.61. The first-order chi connectivity index (χ1) is 14.2. The number of nitrogens with zero attached hydrogens (tertiary/aromatic N) is 6. The minimum Gasteiger partial charge on any atom is -0.317 e. The Bertz CT molecular complexity index is 893. The molecule has 0 radical (unpaired) electrons. The molecule has 1 saturated heterocycles. The zero-order valence-electron chi connectivity index (χ0n) is 17.5. The Labute approximate surface area is 172 Å². The predicted octanol–water partition coefficient (Wildman–Crippen LogP) is 2.45. The van der Waals surface area contributed by atoms with Gasteiger partial charge in [-0.15, -0.1) is 10.2 Å². The summed E-state index contributed by atoms with van der Waals surface area (Å²) in [5, 5.41) is 17.0. The number of nitrogens with one attached hydrogen (secondary N) is 1. The molecule has 1 aromatic carbocycles. The van der Waals surface area contributed by atoms with E-state index in [4.69, 9.17) is 0 Å². The Morgan fingerprint density at radius 2 is 1.86 bits per heavy atom. The van der Waals surface area contributed by atoms with E-state index in [1.54, 1.807) is 0 Å². The van der Waals surface area contributed by atoms with Gasteiger partial charge in [-0.25, -0.2) is 0 Å². The van der Waals surface area contributed by atoms with Crippen LogP contribution in [0, 0.1) is 12.8 Å². The summed E-state index contributed by atoms with van der Waals surface area (Å²) in [5.41, 5.74) is 2.34. The van der Waals surface area contributed by atoms with E-state index in [0.29, 0.717) is 5.92 Å². The quantitative estimate of drug-likeness (QED) is 0.637. The van der Waals surface area contributed by atoms with Gasteiger partial charge in [-0.2, -0.15) is 5.10 Å². The second kappa shape index (κ2) is 9.33. The maximum Gasteiger partial charge on any atom is 0.151 e. The lowest BCUT2D eigenvalue weighted by Crippen LogP contribution is -2.29. The lowest BCUT2D eigenvalue weighted by molar-refractivity contribution is 0.296. The van der Waals surface area contributed by atoms with Crippen molar-refractivity contribution in [3.63, 3.8) is 0 Å². The third-order valence-corrected chi connectivity index (χ3v) is 5.63. The average Bonchev–Trinajstić information content (AvgIpc) is 3.34. The van der Waals surface area contributed by atoms with Crippen molar-refractivity contribution >= 4 is 0 Å². The number of rotatable bonds is 8. The van der Waals surface area contributed by atoms with Gasteiger partial charge in [0.2, 0.25) is 0 Å². The van der Waals surface area contributed by atoms with Crippen molar-refractivity contribution in [1.29, 1.82) is 0 Å². The molecule has 7 heteroatoms. The molecular weight excluding hydrogens is 362 g/mol. The minimum absolute atomic E-state index is 0.677. The molecule has 2 aromatic heterocycles. The summed E-state index contributed by atoms with van der Waals surface area (Å²) in [6, 6.07) is 10.5. The number of para-hydroxylation sites is 1. The monoisotopic (exact) mass is 393 g/mol. The molecule has 0 saturated carbocycles. The molecule has 1 fully saturated rings. The van der Waals surface area contributed by atoms with E-state index < -0.39 is 0 Å². The largest absolute Gasteiger partial charge is 0.317 e. The molecule has 29 heavy (non-hydrogen) atoms. The summed E-state index contributed by atoms with van der Waals surface area (Å²) < 4.78 is 4.26. The molecule has 3 aromatic rings. The predicted molar refractivity (Wildman–Crippen MR) is 114 cm³/mol. The molecule has 0 unspecified atom stereocenters. The lowest BCUT2D eigenvalue weighted by atomic mass is 9.94. The highest BCUT2D eigenvalue weighted by atomic mass is 15.3. The van der Waals surface area contributed by atoms with Crippen molar-refractivity contribution < 1.29 is 0 Å². The van der Waals surface area contributed by atoms with Crippen molar-refractivity contribution in [2.24, 2.45) is 5.92 Å². The Kier molecular flexibility index (Phi) is 6.36. The number of benzene rings is 1. The molecule has 154 valence electrons. The highest BCUT2D eigenvalue weighted by molar-refractivity contribution is 5.34. The third-order valence-electron chi connectivity index (χ3n) is 5.63. The molecular formula is C22H31N7. The van der Waals surface area contributed by atoms with E-state index in [-0.39, 0.29) is 0 Å². The number of hydrogen-bond acceptors (Lipinski definition) is 5. The fourth-order valence-electron chi connectivity index (χ4n) is 3.99. The van der Waals surface area contributed by atoms with E-state index in [1.165, 1.54) is 18.4 Å².